The van der Waals surface area contributed by atoms with E-state index >= 15 is 0 Å². The molecule has 0 radical (unpaired) electrons. The van der Waals surface area contributed by atoms with Crippen molar-refractivity contribution in [3.63, 3.8) is 0 Å². The molecule has 3 aromatic rings. The highest BCUT2D eigenvalue weighted by Crippen LogP contribution is 2.53. The summed E-state index contributed by atoms with van der Waals surface area (Å²) in [5.41, 5.74) is 4.89. The molecule has 0 aromatic heterocycles. The highest BCUT2D eigenvalue weighted by molar-refractivity contribution is 7.98. The molecular weight excluding hydrogens is 316 g/mol. The van der Waals surface area contributed by atoms with E-state index in [4.69, 9.17) is 4.74 Å². The van der Waals surface area contributed by atoms with Crippen LogP contribution >= 0.6 is 11.8 Å². The average molecular weight is 336 g/mol. The molecule has 0 fully saturated rings. The highest BCUT2D eigenvalue weighted by Gasteiger charge is 2.37. The second-order valence-corrected chi connectivity index (χ2v) is 7.59. The molecule has 0 heterocycles. The molecule has 3 heteroatoms. The highest BCUT2D eigenvalue weighted by atomic mass is 32.2. The van der Waals surface area contributed by atoms with Crippen LogP contribution in [0.4, 0.5) is 0 Å². The van der Waals surface area contributed by atoms with Crippen molar-refractivity contribution in [2.24, 2.45) is 0 Å². The van der Waals surface area contributed by atoms with Gasteiger partial charge in [0, 0.05) is 15.7 Å². The van der Waals surface area contributed by atoms with Gasteiger partial charge in [-0.1, -0.05) is 38.1 Å². The number of hydrogen-bond acceptors (Lipinski definition) is 3. The van der Waals surface area contributed by atoms with E-state index in [-0.39, 0.29) is 5.41 Å². The molecule has 0 spiro atoms. The van der Waals surface area contributed by atoms with E-state index in [0.29, 0.717) is 5.75 Å². The van der Waals surface area contributed by atoms with Gasteiger partial charge < -0.3 is 9.84 Å². The molecule has 0 bridgehead atoms. The lowest BCUT2D eigenvalue weighted by atomic mass is 9.82. The van der Waals surface area contributed by atoms with Crippen LogP contribution in [0.15, 0.2) is 47.4 Å². The van der Waals surface area contributed by atoms with Crippen molar-refractivity contribution < 1.29 is 9.84 Å². The summed E-state index contributed by atoms with van der Waals surface area (Å²) in [6.07, 6.45) is 2.05. The number of ether oxygens (including phenoxy) is 1. The summed E-state index contributed by atoms with van der Waals surface area (Å²) in [5, 5.41) is 12.6. The fraction of sp³-hybridized carbons (Fsp3) is 0.238. The number of hydrogen-bond donors (Lipinski definition) is 1. The van der Waals surface area contributed by atoms with Crippen LogP contribution in [0.2, 0.25) is 0 Å². The monoisotopic (exact) mass is 336 g/mol. The van der Waals surface area contributed by atoms with Crippen molar-refractivity contribution in [2.45, 2.75) is 24.2 Å². The van der Waals surface area contributed by atoms with Gasteiger partial charge in [-0.15, -0.1) is 11.8 Å². The first kappa shape index (κ1) is 15.4. The predicted molar refractivity (Wildman–Crippen MR) is 102 cm³/mol. The van der Waals surface area contributed by atoms with Gasteiger partial charge in [-0.2, -0.15) is 0 Å². The Morgan fingerprint density at radius 2 is 1.75 bits per heavy atom. The predicted octanol–water partition coefficient (Wildman–Crippen LogP) is 5.58. The second-order valence-electron chi connectivity index (χ2n) is 6.74. The Morgan fingerprint density at radius 3 is 2.46 bits per heavy atom. The minimum atomic E-state index is -0.114. The van der Waals surface area contributed by atoms with Gasteiger partial charge in [0.25, 0.3) is 0 Å². The van der Waals surface area contributed by atoms with Crippen LogP contribution in [0, 0.1) is 0 Å². The zero-order chi connectivity index (χ0) is 17.1. The normalized spacial score (nSPS) is 14.5. The van der Waals surface area contributed by atoms with Crippen LogP contribution in [0.3, 0.4) is 0 Å². The van der Waals surface area contributed by atoms with Crippen molar-refractivity contribution in [3.8, 4) is 22.6 Å². The molecule has 24 heavy (non-hydrogen) atoms. The van der Waals surface area contributed by atoms with Crippen molar-refractivity contribution in [2.75, 3.05) is 13.4 Å². The Bertz CT molecular complexity index is 973. The minimum Gasteiger partial charge on any atom is -0.507 e. The van der Waals surface area contributed by atoms with E-state index in [1.807, 2.05) is 18.4 Å². The third-order valence-electron chi connectivity index (χ3n) is 5.16. The molecule has 3 aromatic carbocycles. The van der Waals surface area contributed by atoms with Crippen molar-refractivity contribution in [1.82, 2.24) is 0 Å². The third-order valence-corrected chi connectivity index (χ3v) is 5.92. The molecule has 2 nitrogen and oxygen atoms in total. The van der Waals surface area contributed by atoms with Crippen LogP contribution in [0.5, 0.6) is 11.5 Å². The van der Waals surface area contributed by atoms with Crippen LogP contribution in [-0.4, -0.2) is 18.5 Å². The van der Waals surface area contributed by atoms with Crippen molar-refractivity contribution in [3.05, 3.63) is 53.6 Å². The number of fused-ring (bicyclic) bond motifs is 5. The van der Waals surface area contributed by atoms with E-state index in [2.05, 4.69) is 44.2 Å². The van der Waals surface area contributed by atoms with Crippen LogP contribution in [0.1, 0.15) is 25.0 Å². The van der Waals surface area contributed by atoms with Crippen molar-refractivity contribution in [1.29, 1.82) is 0 Å². The molecule has 1 aliphatic carbocycles. The average Bonchev–Trinajstić information content (AvgIpc) is 2.82. The first-order valence-electron chi connectivity index (χ1n) is 8.01. The first-order chi connectivity index (χ1) is 11.5. The van der Waals surface area contributed by atoms with Gasteiger partial charge in [0.2, 0.25) is 0 Å². The van der Waals surface area contributed by atoms with Gasteiger partial charge in [0.05, 0.1) is 7.11 Å². The lowest BCUT2D eigenvalue weighted by molar-refractivity contribution is 0.405. The number of benzene rings is 3. The molecule has 4 rings (SSSR count). The van der Waals surface area contributed by atoms with Gasteiger partial charge in [-0.25, -0.2) is 0 Å². The molecule has 0 saturated carbocycles. The van der Waals surface area contributed by atoms with Gasteiger partial charge >= 0.3 is 0 Å². The number of phenolic OH excluding ortho intramolecular Hbond substituents is 1. The summed E-state index contributed by atoms with van der Waals surface area (Å²) in [4.78, 5) is 1.08. The summed E-state index contributed by atoms with van der Waals surface area (Å²) < 4.78 is 5.50. The van der Waals surface area contributed by atoms with Gasteiger partial charge in [0.15, 0.2) is 0 Å². The summed E-state index contributed by atoms with van der Waals surface area (Å²) >= 11 is 1.66. The number of methoxy groups -OCH3 is 1. The maximum atomic E-state index is 10.7. The standard InChI is InChI=1S/C21H20O2S/c1-21(2)15-8-6-5-7-12(15)20-14-10-19(24-4)18(23-3)9-13(14)17(22)11-16(20)21/h5-11,22H,1-4H3. The van der Waals surface area contributed by atoms with Crippen molar-refractivity contribution >= 4 is 22.5 Å². The quantitative estimate of drug-likeness (QED) is 0.619. The Morgan fingerprint density at radius 1 is 1.00 bits per heavy atom. The zero-order valence-electron chi connectivity index (χ0n) is 14.3. The molecule has 1 aliphatic rings. The Balaban J connectivity index is 2.18. The maximum Gasteiger partial charge on any atom is 0.133 e. The number of phenols is 1. The van der Waals surface area contributed by atoms with Crippen LogP contribution in [0.25, 0.3) is 21.9 Å². The van der Waals surface area contributed by atoms with E-state index in [9.17, 15) is 5.11 Å². The molecule has 0 saturated heterocycles. The minimum absolute atomic E-state index is 0.114. The molecule has 0 atom stereocenters. The van der Waals surface area contributed by atoms with E-state index < -0.39 is 0 Å². The fourth-order valence-corrected chi connectivity index (χ4v) is 4.48. The van der Waals surface area contributed by atoms with E-state index in [1.165, 1.54) is 22.3 Å². The Labute approximate surface area is 146 Å². The Kier molecular flexibility index (Phi) is 3.33. The van der Waals surface area contributed by atoms with E-state index in [0.717, 1.165) is 21.4 Å². The lowest BCUT2D eigenvalue weighted by Crippen LogP contribution is -2.14. The SMILES string of the molecule is COc1cc2c(O)cc3c(c2cc1SC)-c1ccccc1C3(C)C. The second kappa shape index (κ2) is 5.18. The molecule has 1 N–H and O–H groups in total. The lowest BCUT2D eigenvalue weighted by Gasteiger charge is -2.22. The molecule has 0 amide bonds. The van der Waals surface area contributed by atoms with Gasteiger partial charge in [-0.3, -0.25) is 0 Å². The third kappa shape index (κ3) is 1.91. The summed E-state index contributed by atoms with van der Waals surface area (Å²) in [6, 6.07) is 14.6. The smallest absolute Gasteiger partial charge is 0.133 e. The molecular formula is C21H20O2S. The van der Waals surface area contributed by atoms with Crippen LogP contribution in [-0.2, 0) is 5.41 Å². The molecule has 122 valence electrons. The summed E-state index contributed by atoms with van der Waals surface area (Å²) in [6.45, 7) is 4.45. The molecule has 0 aliphatic heterocycles. The number of aromatic hydroxyl groups is 1. The topological polar surface area (TPSA) is 29.5 Å². The first-order valence-corrected chi connectivity index (χ1v) is 9.23. The number of rotatable bonds is 2. The fourth-order valence-electron chi connectivity index (χ4n) is 3.90. The zero-order valence-corrected chi connectivity index (χ0v) is 15.1. The maximum absolute atomic E-state index is 10.7. The summed E-state index contributed by atoms with van der Waals surface area (Å²) in [7, 11) is 1.67. The van der Waals surface area contributed by atoms with E-state index in [1.54, 1.807) is 18.9 Å². The van der Waals surface area contributed by atoms with Gasteiger partial charge in [0.1, 0.15) is 11.5 Å². The summed E-state index contributed by atoms with van der Waals surface area (Å²) in [5.74, 6) is 1.12. The van der Waals surface area contributed by atoms with Gasteiger partial charge in [-0.05, 0) is 52.1 Å². The number of thioether (sulfide) groups is 1. The van der Waals surface area contributed by atoms with Crippen LogP contribution < -0.4 is 4.74 Å². The Hall–Kier alpha value is -2.13. The molecule has 0 unspecified atom stereocenters. The largest absolute Gasteiger partial charge is 0.507 e.